The molecule has 0 amide bonds. The monoisotopic (exact) mass is 429 g/mol. The van der Waals surface area contributed by atoms with Gasteiger partial charge in [0, 0.05) is 11.6 Å². The molecule has 0 saturated heterocycles. The lowest BCUT2D eigenvalue weighted by Crippen LogP contribution is -2.04. The molecule has 9 heteroatoms. The second kappa shape index (κ2) is 8.17. The second-order valence-electron chi connectivity index (χ2n) is 6.63. The first-order valence-corrected chi connectivity index (χ1v) is 9.26. The summed E-state index contributed by atoms with van der Waals surface area (Å²) < 4.78 is 57.1. The first-order valence-electron chi connectivity index (χ1n) is 9.26. The number of aromatic nitrogens is 3. The molecule has 31 heavy (non-hydrogen) atoms. The lowest BCUT2D eigenvalue weighted by Gasteiger charge is -2.09. The van der Waals surface area contributed by atoms with Crippen LogP contribution in [0.2, 0.25) is 0 Å². The van der Waals surface area contributed by atoms with Gasteiger partial charge in [-0.2, -0.15) is 17.7 Å². The molecule has 2 aromatic carbocycles. The van der Waals surface area contributed by atoms with Crippen molar-refractivity contribution in [3.8, 4) is 28.8 Å². The van der Waals surface area contributed by atoms with Gasteiger partial charge in [0.2, 0.25) is 11.8 Å². The Morgan fingerprint density at radius 3 is 2.48 bits per heavy atom. The molecule has 160 valence electrons. The predicted molar refractivity (Wildman–Crippen MR) is 107 cm³/mol. The van der Waals surface area contributed by atoms with Gasteiger partial charge in [-0.1, -0.05) is 24.3 Å². The van der Waals surface area contributed by atoms with E-state index in [1.165, 1.54) is 17.7 Å². The van der Waals surface area contributed by atoms with Crippen molar-refractivity contribution in [1.29, 1.82) is 0 Å². The molecule has 0 fully saturated rings. The van der Waals surface area contributed by atoms with E-state index in [2.05, 4.69) is 10.1 Å². The number of methoxy groups -OCH3 is 2. The fourth-order valence-corrected chi connectivity index (χ4v) is 3.11. The highest BCUT2D eigenvalue weighted by molar-refractivity contribution is 5.69. The van der Waals surface area contributed by atoms with Gasteiger partial charge in [0.15, 0.2) is 5.65 Å². The summed E-state index contributed by atoms with van der Waals surface area (Å²) in [5.74, 6) is 1.23. The Morgan fingerprint density at radius 2 is 1.74 bits per heavy atom. The standard InChI is InChI=1S/C22H18F3N3O3/c1-29-17-8-3-5-14(11-17)13-31-19-10-9-18-26-20(21(30-2)28(18)27-19)15-6-4-7-16(12-15)22(23,24)25/h3-12H,13H2,1-2H3. The molecule has 0 bridgehead atoms. The Hall–Kier alpha value is -3.75. The molecule has 4 rings (SSSR count). The van der Waals surface area contributed by atoms with Crippen molar-refractivity contribution >= 4 is 5.65 Å². The molecule has 0 aliphatic carbocycles. The zero-order chi connectivity index (χ0) is 22.0. The van der Waals surface area contributed by atoms with Crippen molar-refractivity contribution in [3.05, 3.63) is 71.8 Å². The number of benzene rings is 2. The van der Waals surface area contributed by atoms with Crippen LogP contribution < -0.4 is 14.2 Å². The molecule has 0 spiro atoms. The third kappa shape index (κ3) is 4.25. The van der Waals surface area contributed by atoms with Crippen LogP contribution in [0.15, 0.2) is 60.7 Å². The molecule has 0 atom stereocenters. The molecular formula is C22H18F3N3O3. The van der Waals surface area contributed by atoms with E-state index >= 15 is 0 Å². The highest BCUT2D eigenvalue weighted by Gasteiger charge is 2.31. The Balaban J connectivity index is 1.66. The third-order valence-electron chi connectivity index (χ3n) is 4.59. The van der Waals surface area contributed by atoms with E-state index in [1.807, 2.05) is 24.3 Å². The van der Waals surface area contributed by atoms with E-state index in [0.717, 1.165) is 17.7 Å². The van der Waals surface area contributed by atoms with E-state index in [4.69, 9.17) is 14.2 Å². The number of nitrogens with zero attached hydrogens (tertiary/aromatic N) is 3. The maximum atomic E-state index is 13.1. The summed E-state index contributed by atoms with van der Waals surface area (Å²) in [6.07, 6.45) is -4.46. The van der Waals surface area contributed by atoms with Crippen molar-refractivity contribution in [2.24, 2.45) is 0 Å². The highest BCUT2D eigenvalue weighted by atomic mass is 19.4. The second-order valence-corrected chi connectivity index (χ2v) is 6.63. The SMILES string of the molecule is COc1cccc(COc2ccc3nc(-c4cccc(C(F)(F)F)c4)c(OC)n3n2)c1. The van der Waals surface area contributed by atoms with Crippen LogP contribution in [-0.2, 0) is 12.8 Å². The molecule has 0 saturated carbocycles. The van der Waals surface area contributed by atoms with Gasteiger partial charge in [-0.05, 0) is 35.9 Å². The summed E-state index contributed by atoms with van der Waals surface area (Å²) in [6.45, 7) is 0.257. The summed E-state index contributed by atoms with van der Waals surface area (Å²) in [4.78, 5) is 4.40. The minimum absolute atomic E-state index is 0.209. The molecule has 6 nitrogen and oxygen atoms in total. The molecule has 0 radical (unpaired) electrons. The molecule has 0 N–H and O–H groups in total. The lowest BCUT2D eigenvalue weighted by atomic mass is 10.1. The van der Waals surface area contributed by atoms with Crippen LogP contribution in [0.5, 0.6) is 17.5 Å². The summed E-state index contributed by atoms with van der Waals surface area (Å²) in [5, 5.41) is 4.37. The molecule has 2 aromatic heterocycles. The molecular weight excluding hydrogens is 411 g/mol. The predicted octanol–water partition coefficient (Wildman–Crippen LogP) is 5.01. The number of rotatable bonds is 6. The number of imidazole rings is 1. The van der Waals surface area contributed by atoms with Gasteiger partial charge in [-0.15, -0.1) is 5.10 Å². The Morgan fingerprint density at radius 1 is 0.935 bits per heavy atom. The van der Waals surface area contributed by atoms with Crippen molar-refractivity contribution in [1.82, 2.24) is 14.6 Å². The van der Waals surface area contributed by atoms with E-state index in [0.29, 0.717) is 17.3 Å². The van der Waals surface area contributed by atoms with E-state index in [9.17, 15) is 13.2 Å². The first-order chi connectivity index (χ1) is 14.9. The number of hydrogen-bond acceptors (Lipinski definition) is 5. The largest absolute Gasteiger partial charge is 0.497 e. The highest BCUT2D eigenvalue weighted by Crippen LogP contribution is 2.35. The normalized spacial score (nSPS) is 11.5. The molecule has 0 aliphatic heterocycles. The average molecular weight is 429 g/mol. The van der Waals surface area contributed by atoms with E-state index in [1.54, 1.807) is 25.3 Å². The third-order valence-corrected chi connectivity index (χ3v) is 4.59. The van der Waals surface area contributed by atoms with Gasteiger partial charge < -0.3 is 14.2 Å². The van der Waals surface area contributed by atoms with Crippen LogP contribution in [0.3, 0.4) is 0 Å². The van der Waals surface area contributed by atoms with Gasteiger partial charge in [0.1, 0.15) is 18.1 Å². The maximum Gasteiger partial charge on any atom is 0.416 e. The number of alkyl halides is 3. The van der Waals surface area contributed by atoms with Crippen molar-refractivity contribution in [3.63, 3.8) is 0 Å². The Kier molecular flexibility index (Phi) is 5.41. The summed E-state index contributed by atoms with van der Waals surface area (Å²) in [5.41, 5.74) is 1.07. The maximum absolute atomic E-state index is 13.1. The van der Waals surface area contributed by atoms with Gasteiger partial charge in [0.25, 0.3) is 0 Å². The van der Waals surface area contributed by atoms with Crippen LogP contribution in [0.4, 0.5) is 13.2 Å². The number of fused-ring (bicyclic) bond motifs is 1. The summed E-state index contributed by atoms with van der Waals surface area (Å²) >= 11 is 0. The fraction of sp³-hybridized carbons (Fsp3) is 0.182. The number of halogens is 3. The number of ether oxygens (including phenoxy) is 3. The summed E-state index contributed by atoms with van der Waals surface area (Å²) in [7, 11) is 2.99. The van der Waals surface area contributed by atoms with Crippen LogP contribution in [0.1, 0.15) is 11.1 Å². The Labute approximate surface area is 175 Å². The average Bonchev–Trinajstić information content (AvgIpc) is 3.15. The topological polar surface area (TPSA) is 57.9 Å². The van der Waals surface area contributed by atoms with Crippen LogP contribution in [0.25, 0.3) is 16.9 Å². The molecule has 0 unspecified atom stereocenters. The molecule has 4 aromatic rings. The van der Waals surface area contributed by atoms with Gasteiger partial charge in [0.05, 0.1) is 19.8 Å². The minimum atomic E-state index is -4.46. The van der Waals surface area contributed by atoms with Crippen LogP contribution in [0, 0.1) is 0 Å². The quantitative estimate of drug-likeness (QED) is 0.431. The fourth-order valence-electron chi connectivity index (χ4n) is 3.11. The first kappa shape index (κ1) is 20.5. The van der Waals surface area contributed by atoms with Gasteiger partial charge in [-0.3, -0.25) is 0 Å². The molecule has 0 aliphatic rings. The van der Waals surface area contributed by atoms with Crippen molar-refractivity contribution in [2.45, 2.75) is 12.8 Å². The van der Waals surface area contributed by atoms with E-state index in [-0.39, 0.29) is 23.7 Å². The van der Waals surface area contributed by atoms with Crippen LogP contribution in [-0.4, -0.2) is 28.8 Å². The van der Waals surface area contributed by atoms with E-state index < -0.39 is 11.7 Å². The van der Waals surface area contributed by atoms with Gasteiger partial charge >= 0.3 is 6.18 Å². The number of hydrogen-bond donors (Lipinski definition) is 0. The smallest absolute Gasteiger partial charge is 0.416 e. The zero-order valence-corrected chi connectivity index (χ0v) is 16.7. The van der Waals surface area contributed by atoms with Crippen molar-refractivity contribution < 1.29 is 27.4 Å². The lowest BCUT2D eigenvalue weighted by molar-refractivity contribution is -0.137. The van der Waals surface area contributed by atoms with Crippen molar-refractivity contribution in [2.75, 3.05) is 14.2 Å². The van der Waals surface area contributed by atoms with Crippen LogP contribution >= 0.6 is 0 Å². The summed E-state index contributed by atoms with van der Waals surface area (Å²) in [6, 6.07) is 15.6. The minimum Gasteiger partial charge on any atom is -0.497 e. The Bertz CT molecular complexity index is 1220. The molecule has 2 heterocycles. The van der Waals surface area contributed by atoms with Gasteiger partial charge in [-0.25, -0.2) is 4.98 Å². The zero-order valence-electron chi connectivity index (χ0n) is 16.7.